The minimum absolute atomic E-state index is 0.0288. The molecule has 18 heavy (non-hydrogen) atoms. The number of benzene rings is 1. The molecule has 2 N–H and O–H groups in total. The molecule has 0 bridgehead atoms. The summed E-state index contributed by atoms with van der Waals surface area (Å²) in [5.41, 5.74) is 0.698. The lowest BCUT2D eigenvalue weighted by Gasteiger charge is -2.30. The van der Waals surface area contributed by atoms with Crippen LogP contribution in [0.5, 0.6) is 0 Å². The Morgan fingerprint density at radius 3 is 2.89 bits per heavy atom. The van der Waals surface area contributed by atoms with E-state index in [0.29, 0.717) is 5.56 Å². The molecule has 0 radical (unpaired) electrons. The van der Waals surface area contributed by atoms with Crippen molar-refractivity contribution in [2.45, 2.75) is 31.7 Å². The van der Waals surface area contributed by atoms with Gasteiger partial charge in [-0.25, -0.2) is 0 Å². The normalized spacial score (nSPS) is 23.7. The standard InChI is InChI=1S/C14H18INO2/c15-12-6-3-5-10(8-12)14(18)16-13-7-2-1-4-11(13)9-17/h3,5-6,8,11,13,17H,1-2,4,7,9H2,(H,16,18). The van der Waals surface area contributed by atoms with Gasteiger partial charge in [0.2, 0.25) is 0 Å². The summed E-state index contributed by atoms with van der Waals surface area (Å²) in [5.74, 6) is 0.185. The van der Waals surface area contributed by atoms with E-state index in [2.05, 4.69) is 27.9 Å². The second kappa shape index (κ2) is 6.52. The maximum atomic E-state index is 12.1. The molecule has 1 aromatic rings. The quantitative estimate of drug-likeness (QED) is 0.815. The average Bonchev–Trinajstić information content (AvgIpc) is 2.39. The Kier molecular flexibility index (Phi) is 5.00. The van der Waals surface area contributed by atoms with Gasteiger partial charge in [0.05, 0.1) is 0 Å². The molecule has 1 amide bonds. The van der Waals surface area contributed by atoms with E-state index in [1.165, 1.54) is 0 Å². The van der Waals surface area contributed by atoms with Gasteiger partial charge in [-0.05, 0) is 53.6 Å². The summed E-state index contributed by atoms with van der Waals surface area (Å²) in [4.78, 5) is 12.1. The summed E-state index contributed by atoms with van der Waals surface area (Å²) in [5, 5.41) is 12.4. The van der Waals surface area contributed by atoms with Crippen molar-refractivity contribution in [3.8, 4) is 0 Å². The van der Waals surface area contributed by atoms with Gasteiger partial charge in [-0.3, -0.25) is 4.79 Å². The Bertz CT molecular complexity index is 422. The highest BCUT2D eigenvalue weighted by atomic mass is 127. The van der Waals surface area contributed by atoms with E-state index in [4.69, 9.17) is 0 Å². The molecule has 2 unspecified atom stereocenters. The van der Waals surface area contributed by atoms with Crippen LogP contribution in [0.4, 0.5) is 0 Å². The first kappa shape index (κ1) is 13.8. The second-order valence-corrected chi connectivity index (χ2v) is 6.06. The largest absolute Gasteiger partial charge is 0.396 e. The van der Waals surface area contributed by atoms with Crippen LogP contribution < -0.4 is 5.32 Å². The minimum Gasteiger partial charge on any atom is -0.396 e. The van der Waals surface area contributed by atoms with Gasteiger partial charge in [0.25, 0.3) is 5.91 Å². The van der Waals surface area contributed by atoms with E-state index in [1.54, 1.807) is 0 Å². The predicted molar refractivity (Wildman–Crippen MR) is 79.5 cm³/mol. The lowest BCUT2D eigenvalue weighted by molar-refractivity contribution is 0.0872. The van der Waals surface area contributed by atoms with E-state index in [-0.39, 0.29) is 24.5 Å². The van der Waals surface area contributed by atoms with Gasteiger partial charge in [-0.15, -0.1) is 0 Å². The van der Waals surface area contributed by atoms with Gasteiger partial charge in [-0.1, -0.05) is 18.9 Å². The Hall–Kier alpha value is -0.620. The summed E-state index contributed by atoms with van der Waals surface area (Å²) in [6.07, 6.45) is 4.27. The summed E-state index contributed by atoms with van der Waals surface area (Å²) < 4.78 is 1.06. The van der Waals surface area contributed by atoms with Crippen molar-refractivity contribution < 1.29 is 9.90 Å². The van der Waals surface area contributed by atoms with Gasteiger partial charge in [0.1, 0.15) is 0 Å². The van der Waals surface area contributed by atoms with E-state index >= 15 is 0 Å². The minimum atomic E-state index is -0.0288. The Morgan fingerprint density at radius 1 is 1.39 bits per heavy atom. The number of aliphatic hydroxyl groups is 1. The molecule has 1 aromatic carbocycles. The molecule has 2 atom stereocenters. The fourth-order valence-corrected chi connectivity index (χ4v) is 3.04. The maximum Gasteiger partial charge on any atom is 0.251 e. The smallest absolute Gasteiger partial charge is 0.251 e. The summed E-state index contributed by atoms with van der Waals surface area (Å²) in [6.45, 7) is 0.164. The van der Waals surface area contributed by atoms with Gasteiger partial charge in [-0.2, -0.15) is 0 Å². The zero-order valence-electron chi connectivity index (χ0n) is 10.2. The van der Waals surface area contributed by atoms with Gasteiger partial charge in [0.15, 0.2) is 0 Å². The Balaban J connectivity index is 2.02. The fourth-order valence-electron chi connectivity index (χ4n) is 2.50. The van der Waals surface area contributed by atoms with Crippen molar-refractivity contribution in [3.05, 3.63) is 33.4 Å². The molecule has 0 spiro atoms. The number of rotatable bonds is 3. The van der Waals surface area contributed by atoms with E-state index < -0.39 is 0 Å². The number of hydrogen-bond donors (Lipinski definition) is 2. The molecule has 4 heteroatoms. The second-order valence-electron chi connectivity index (χ2n) is 4.82. The Labute approximate surface area is 121 Å². The number of carbonyl (C=O) groups is 1. The number of nitrogens with one attached hydrogen (secondary N) is 1. The van der Waals surface area contributed by atoms with Gasteiger partial charge in [0, 0.05) is 27.7 Å². The molecular weight excluding hydrogens is 341 g/mol. The highest BCUT2D eigenvalue weighted by Gasteiger charge is 2.26. The summed E-state index contributed by atoms with van der Waals surface area (Å²) in [7, 11) is 0. The van der Waals surface area contributed by atoms with Gasteiger partial charge >= 0.3 is 0 Å². The topological polar surface area (TPSA) is 49.3 Å². The predicted octanol–water partition coefficient (Wildman–Crippen LogP) is 2.57. The summed E-state index contributed by atoms with van der Waals surface area (Å²) >= 11 is 2.20. The van der Waals surface area contributed by atoms with Crippen LogP contribution in [0.25, 0.3) is 0 Å². The van der Waals surface area contributed by atoms with Crippen LogP contribution in [0.15, 0.2) is 24.3 Å². The molecule has 98 valence electrons. The highest BCUT2D eigenvalue weighted by molar-refractivity contribution is 14.1. The molecule has 1 aliphatic carbocycles. The number of carbonyl (C=O) groups excluding carboxylic acids is 1. The number of aliphatic hydroxyl groups excluding tert-OH is 1. The zero-order chi connectivity index (χ0) is 13.0. The highest BCUT2D eigenvalue weighted by Crippen LogP contribution is 2.24. The summed E-state index contributed by atoms with van der Waals surface area (Å²) in [6, 6.07) is 7.69. The monoisotopic (exact) mass is 359 g/mol. The lowest BCUT2D eigenvalue weighted by atomic mass is 9.85. The van der Waals surface area contributed by atoms with Crippen LogP contribution in [0, 0.1) is 9.49 Å². The first-order valence-electron chi connectivity index (χ1n) is 6.38. The molecule has 0 aliphatic heterocycles. The average molecular weight is 359 g/mol. The maximum absolute atomic E-state index is 12.1. The lowest BCUT2D eigenvalue weighted by Crippen LogP contribution is -2.43. The van der Waals surface area contributed by atoms with E-state index in [1.807, 2.05) is 24.3 Å². The zero-order valence-corrected chi connectivity index (χ0v) is 12.4. The SMILES string of the molecule is O=C(NC1CCCCC1CO)c1cccc(I)c1. The molecule has 2 rings (SSSR count). The molecule has 3 nitrogen and oxygen atoms in total. The van der Waals surface area contributed by atoms with Crippen molar-refractivity contribution in [3.63, 3.8) is 0 Å². The molecule has 0 heterocycles. The number of hydrogen-bond acceptors (Lipinski definition) is 2. The van der Waals surface area contributed by atoms with Crippen molar-refractivity contribution >= 4 is 28.5 Å². The molecule has 1 aliphatic rings. The third kappa shape index (κ3) is 3.45. The van der Waals surface area contributed by atoms with Crippen molar-refractivity contribution in [2.24, 2.45) is 5.92 Å². The molecule has 1 saturated carbocycles. The van der Waals surface area contributed by atoms with Crippen molar-refractivity contribution in [2.75, 3.05) is 6.61 Å². The molecule has 0 saturated heterocycles. The van der Waals surface area contributed by atoms with Crippen LogP contribution >= 0.6 is 22.6 Å². The van der Waals surface area contributed by atoms with Crippen LogP contribution in [-0.2, 0) is 0 Å². The van der Waals surface area contributed by atoms with E-state index in [0.717, 1.165) is 29.3 Å². The third-order valence-corrected chi connectivity index (χ3v) is 4.22. The Morgan fingerprint density at radius 2 is 2.17 bits per heavy atom. The molecule has 1 fully saturated rings. The van der Waals surface area contributed by atoms with Crippen LogP contribution in [0.3, 0.4) is 0 Å². The first-order valence-corrected chi connectivity index (χ1v) is 7.46. The molecular formula is C14H18INO2. The van der Waals surface area contributed by atoms with E-state index in [9.17, 15) is 9.90 Å². The number of amides is 1. The fraction of sp³-hybridized carbons (Fsp3) is 0.500. The molecule has 0 aromatic heterocycles. The van der Waals surface area contributed by atoms with Crippen molar-refractivity contribution in [1.82, 2.24) is 5.32 Å². The van der Waals surface area contributed by atoms with Crippen LogP contribution in [-0.4, -0.2) is 23.7 Å². The van der Waals surface area contributed by atoms with Crippen LogP contribution in [0.2, 0.25) is 0 Å². The van der Waals surface area contributed by atoms with Gasteiger partial charge < -0.3 is 10.4 Å². The first-order chi connectivity index (χ1) is 8.70. The van der Waals surface area contributed by atoms with Crippen molar-refractivity contribution in [1.29, 1.82) is 0 Å². The van der Waals surface area contributed by atoms with Crippen LogP contribution in [0.1, 0.15) is 36.0 Å². The number of halogens is 1. The third-order valence-electron chi connectivity index (χ3n) is 3.55.